The predicted molar refractivity (Wildman–Crippen MR) is 78.0 cm³/mol. The third-order valence-electron chi connectivity index (χ3n) is 3.54. The standard InChI is InChI=1S/C15H23NOS/c17-14-8-6-13(7-9-14)12-16-10-11-18-15-4-2-1-3-5-15/h1-5,13-14,16-17H,6-12H2. The van der Waals surface area contributed by atoms with Crippen molar-refractivity contribution in [3.05, 3.63) is 30.3 Å². The second-order valence-corrected chi connectivity index (χ2v) is 6.21. The van der Waals surface area contributed by atoms with Gasteiger partial charge < -0.3 is 10.4 Å². The zero-order valence-corrected chi connectivity index (χ0v) is 11.7. The number of hydrogen-bond acceptors (Lipinski definition) is 3. The maximum atomic E-state index is 9.44. The number of aliphatic hydroxyl groups is 1. The minimum atomic E-state index is -0.0325. The summed E-state index contributed by atoms with van der Waals surface area (Å²) < 4.78 is 0. The lowest BCUT2D eigenvalue weighted by Gasteiger charge is -2.25. The number of thioether (sulfide) groups is 1. The Morgan fingerprint density at radius 1 is 1.11 bits per heavy atom. The van der Waals surface area contributed by atoms with Crippen LogP contribution in [0.3, 0.4) is 0 Å². The van der Waals surface area contributed by atoms with E-state index in [9.17, 15) is 5.11 Å². The molecule has 0 bridgehead atoms. The molecule has 1 fully saturated rings. The Labute approximate surface area is 114 Å². The topological polar surface area (TPSA) is 32.3 Å². The van der Waals surface area contributed by atoms with E-state index in [1.807, 2.05) is 11.8 Å². The molecule has 1 aliphatic carbocycles. The van der Waals surface area contributed by atoms with E-state index in [1.165, 1.54) is 17.7 Å². The van der Waals surface area contributed by atoms with Crippen LogP contribution in [0.4, 0.5) is 0 Å². The zero-order chi connectivity index (χ0) is 12.6. The molecule has 0 heterocycles. The number of hydrogen-bond donors (Lipinski definition) is 2. The van der Waals surface area contributed by atoms with Crippen LogP contribution in [0.15, 0.2) is 35.2 Å². The van der Waals surface area contributed by atoms with Gasteiger partial charge in [0.25, 0.3) is 0 Å². The molecule has 2 nitrogen and oxygen atoms in total. The minimum absolute atomic E-state index is 0.0325. The maximum absolute atomic E-state index is 9.44. The first kappa shape index (κ1) is 13.9. The Kier molecular flexibility index (Phi) is 6.05. The lowest BCUT2D eigenvalue weighted by Crippen LogP contribution is -2.29. The molecule has 1 aromatic rings. The van der Waals surface area contributed by atoms with Crippen LogP contribution in [0.5, 0.6) is 0 Å². The monoisotopic (exact) mass is 265 g/mol. The number of rotatable bonds is 6. The molecule has 0 aliphatic heterocycles. The van der Waals surface area contributed by atoms with Crippen molar-refractivity contribution in [2.75, 3.05) is 18.8 Å². The van der Waals surface area contributed by atoms with Crippen LogP contribution in [0, 0.1) is 5.92 Å². The van der Waals surface area contributed by atoms with Gasteiger partial charge in [0.05, 0.1) is 6.10 Å². The molecular formula is C15H23NOS. The van der Waals surface area contributed by atoms with Gasteiger partial charge in [-0.3, -0.25) is 0 Å². The van der Waals surface area contributed by atoms with Crippen LogP contribution in [-0.4, -0.2) is 30.1 Å². The lowest BCUT2D eigenvalue weighted by atomic mass is 9.87. The van der Waals surface area contributed by atoms with E-state index in [0.29, 0.717) is 0 Å². The zero-order valence-electron chi connectivity index (χ0n) is 10.8. The average Bonchev–Trinajstić information content (AvgIpc) is 2.42. The molecule has 0 aromatic heterocycles. The third kappa shape index (κ3) is 5.01. The summed E-state index contributed by atoms with van der Waals surface area (Å²) in [4.78, 5) is 1.35. The van der Waals surface area contributed by atoms with E-state index in [2.05, 4.69) is 35.6 Å². The van der Waals surface area contributed by atoms with Gasteiger partial charge in [-0.1, -0.05) is 18.2 Å². The highest BCUT2D eigenvalue weighted by Crippen LogP contribution is 2.23. The quantitative estimate of drug-likeness (QED) is 0.613. The summed E-state index contributed by atoms with van der Waals surface area (Å²) in [5.74, 6) is 1.90. The van der Waals surface area contributed by atoms with E-state index in [-0.39, 0.29) is 6.10 Å². The summed E-state index contributed by atoms with van der Waals surface area (Å²) in [6.07, 6.45) is 4.31. The molecule has 18 heavy (non-hydrogen) atoms. The molecule has 0 amide bonds. The van der Waals surface area contributed by atoms with Crippen molar-refractivity contribution in [3.8, 4) is 0 Å². The average molecular weight is 265 g/mol. The van der Waals surface area contributed by atoms with Crippen molar-refractivity contribution < 1.29 is 5.11 Å². The fourth-order valence-corrected chi connectivity index (χ4v) is 3.24. The van der Waals surface area contributed by atoms with Gasteiger partial charge in [0.2, 0.25) is 0 Å². The van der Waals surface area contributed by atoms with Gasteiger partial charge >= 0.3 is 0 Å². The van der Waals surface area contributed by atoms with Crippen molar-refractivity contribution in [1.82, 2.24) is 5.32 Å². The molecule has 0 saturated heterocycles. The highest BCUT2D eigenvalue weighted by molar-refractivity contribution is 7.99. The number of nitrogens with one attached hydrogen (secondary N) is 1. The smallest absolute Gasteiger partial charge is 0.0540 e. The van der Waals surface area contributed by atoms with Crippen molar-refractivity contribution in [1.29, 1.82) is 0 Å². The van der Waals surface area contributed by atoms with Gasteiger partial charge in [-0.15, -0.1) is 11.8 Å². The molecule has 1 aromatic carbocycles. The van der Waals surface area contributed by atoms with Crippen LogP contribution in [-0.2, 0) is 0 Å². The Bertz CT molecular complexity index is 323. The van der Waals surface area contributed by atoms with Gasteiger partial charge in [-0.25, -0.2) is 0 Å². The highest BCUT2D eigenvalue weighted by atomic mass is 32.2. The van der Waals surface area contributed by atoms with Crippen molar-refractivity contribution >= 4 is 11.8 Å². The van der Waals surface area contributed by atoms with Gasteiger partial charge in [-0.05, 0) is 50.3 Å². The molecule has 0 unspecified atom stereocenters. The first-order valence-electron chi connectivity index (χ1n) is 6.91. The maximum Gasteiger partial charge on any atom is 0.0540 e. The first-order valence-corrected chi connectivity index (χ1v) is 7.90. The van der Waals surface area contributed by atoms with Gasteiger partial charge in [0.15, 0.2) is 0 Å². The summed E-state index contributed by atoms with van der Waals surface area (Å²) in [5.41, 5.74) is 0. The summed E-state index contributed by atoms with van der Waals surface area (Å²) in [6, 6.07) is 10.5. The molecule has 0 radical (unpaired) electrons. The summed E-state index contributed by atoms with van der Waals surface area (Å²) in [6.45, 7) is 2.18. The van der Waals surface area contributed by atoms with Gasteiger partial charge in [0, 0.05) is 17.2 Å². The first-order chi connectivity index (χ1) is 8.84. The Hall–Kier alpha value is -0.510. The number of benzene rings is 1. The Balaban J connectivity index is 1.51. The fraction of sp³-hybridized carbons (Fsp3) is 0.600. The summed E-state index contributed by atoms with van der Waals surface area (Å²) in [5, 5.41) is 13.0. The van der Waals surface area contributed by atoms with Crippen molar-refractivity contribution in [2.45, 2.75) is 36.7 Å². The van der Waals surface area contributed by atoms with E-state index >= 15 is 0 Å². The summed E-state index contributed by atoms with van der Waals surface area (Å²) >= 11 is 1.90. The predicted octanol–water partition coefficient (Wildman–Crippen LogP) is 2.92. The van der Waals surface area contributed by atoms with Gasteiger partial charge in [-0.2, -0.15) is 0 Å². The van der Waals surface area contributed by atoms with Crippen LogP contribution < -0.4 is 5.32 Å². The molecular weight excluding hydrogens is 242 g/mol. The summed E-state index contributed by atoms with van der Waals surface area (Å²) in [7, 11) is 0. The molecule has 3 heteroatoms. The Morgan fingerprint density at radius 2 is 1.83 bits per heavy atom. The molecule has 2 N–H and O–H groups in total. The van der Waals surface area contributed by atoms with Crippen LogP contribution >= 0.6 is 11.8 Å². The molecule has 0 spiro atoms. The normalized spacial score (nSPS) is 24.1. The van der Waals surface area contributed by atoms with Crippen LogP contribution in [0.1, 0.15) is 25.7 Å². The molecule has 0 atom stereocenters. The molecule has 1 saturated carbocycles. The lowest BCUT2D eigenvalue weighted by molar-refractivity contribution is 0.108. The van der Waals surface area contributed by atoms with Crippen LogP contribution in [0.25, 0.3) is 0 Å². The highest BCUT2D eigenvalue weighted by Gasteiger charge is 2.18. The molecule has 2 rings (SSSR count). The number of aliphatic hydroxyl groups excluding tert-OH is 1. The second-order valence-electron chi connectivity index (χ2n) is 5.04. The molecule has 1 aliphatic rings. The van der Waals surface area contributed by atoms with Crippen LogP contribution in [0.2, 0.25) is 0 Å². The van der Waals surface area contributed by atoms with Crippen molar-refractivity contribution in [3.63, 3.8) is 0 Å². The third-order valence-corrected chi connectivity index (χ3v) is 4.55. The SMILES string of the molecule is OC1CCC(CNCCSc2ccccc2)CC1. The fourth-order valence-electron chi connectivity index (χ4n) is 2.41. The second kappa shape index (κ2) is 7.82. The van der Waals surface area contributed by atoms with E-state index in [4.69, 9.17) is 0 Å². The van der Waals surface area contributed by atoms with Crippen molar-refractivity contribution in [2.24, 2.45) is 5.92 Å². The molecule has 100 valence electrons. The minimum Gasteiger partial charge on any atom is -0.393 e. The van der Waals surface area contributed by atoms with E-state index in [1.54, 1.807) is 0 Å². The van der Waals surface area contributed by atoms with Gasteiger partial charge in [0.1, 0.15) is 0 Å². The van der Waals surface area contributed by atoms with E-state index < -0.39 is 0 Å². The largest absolute Gasteiger partial charge is 0.393 e. The Morgan fingerprint density at radius 3 is 2.56 bits per heavy atom. The van der Waals surface area contributed by atoms with E-state index in [0.717, 1.165) is 37.6 Å².